The van der Waals surface area contributed by atoms with Gasteiger partial charge in [-0.25, -0.2) is 0 Å². The molecule has 0 radical (unpaired) electrons. The van der Waals surface area contributed by atoms with Crippen LogP contribution in [0.3, 0.4) is 0 Å². The lowest BCUT2D eigenvalue weighted by molar-refractivity contribution is -0.384. The summed E-state index contributed by atoms with van der Waals surface area (Å²) in [5, 5.41) is 22.3. The molecule has 4 rings (SSSR count). The lowest BCUT2D eigenvalue weighted by Crippen LogP contribution is -2.15. The Kier molecular flexibility index (Phi) is 5.79. The number of ether oxygens (including phenoxy) is 2. The minimum absolute atomic E-state index is 0.154. The van der Waals surface area contributed by atoms with E-state index in [1.165, 1.54) is 18.2 Å². The van der Waals surface area contributed by atoms with Gasteiger partial charge in [0.25, 0.3) is 11.6 Å². The Balaban J connectivity index is 1.51. The van der Waals surface area contributed by atoms with Crippen molar-refractivity contribution in [3.05, 3.63) is 89.0 Å². The molecule has 0 atom stereocenters. The molecule has 0 aliphatic carbocycles. The summed E-state index contributed by atoms with van der Waals surface area (Å²) in [5.41, 5.74) is 0.131. The Morgan fingerprint density at radius 2 is 1.84 bits per heavy atom. The first-order valence-corrected chi connectivity index (χ1v) is 9.44. The number of carbonyl (C=O) groups is 1. The maximum atomic E-state index is 12.6. The second-order valence-corrected chi connectivity index (χ2v) is 6.63. The topological polar surface area (TPSA) is 126 Å². The van der Waals surface area contributed by atoms with E-state index in [1.807, 2.05) is 0 Å². The number of rotatable bonds is 8. The van der Waals surface area contributed by atoms with E-state index >= 15 is 0 Å². The van der Waals surface area contributed by atoms with Crippen LogP contribution >= 0.6 is 0 Å². The van der Waals surface area contributed by atoms with Crippen molar-refractivity contribution < 1.29 is 19.2 Å². The smallest absolute Gasteiger partial charge is 0.276 e. The number of non-ortho nitro benzene ring substituents is 1. The SMILES string of the molecule is COc1ccc(Oc2cc(NC(=O)c3ccn(Cn4cccn4)n3)cc([N+](=O)[O-])c2)cc1. The average molecular weight is 434 g/mol. The molecule has 0 unspecified atom stereocenters. The van der Waals surface area contributed by atoms with Crippen LogP contribution in [0, 0.1) is 10.1 Å². The number of carbonyl (C=O) groups excluding carboxylic acids is 1. The highest BCUT2D eigenvalue weighted by molar-refractivity contribution is 6.03. The first kappa shape index (κ1) is 20.6. The van der Waals surface area contributed by atoms with E-state index in [4.69, 9.17) is 9.47 Å². The molecule has 0 spiro atoms. The summed E-state index contributed by atoms with van der Waals surface area (Å²) in [4.78, 5) is 23.4. The van der Waals surface area contributed by atoms with Crippen molar-refractivity contribution in [2.75, 3.05) is 12.4 Å². The molecule has 1 amide bonds. The van der Waals surface area contributed by atoms with Crippen LogP contribution in [0.1, 0.15) is 10.5 Å². The van der Waals surface area contributed by atoms with Gasteiger partial charge in [0.2, 0.25) is 0 Å². The van der Waals surface area contributed by atoms with Crippen LogP contribution < -0.4 is 14.8 Å². The van der Waals surface area contributed by atoms with Gasteiger partial charge in [0, 0.05) is 30.7 Å². The van der Waals surface area contributed by atoms with Gasteiger partial charge in [-0.15, -0.1) is 0 Å². The fourth-order valence-electron chi connectivity index (χ4n) is 2.89. The van der Waals surface area contributed by atoms with Crippen molar-refractivity contribution in [3.63, 3.8) is 0 Å². The first-order chi connectivity index (χ1) is 15.5. The summed E-state index contributed by atoms with van der Waals surface area (Å²) in [6, 6.07) is 14.1. The van der Waals surface area contributed by atoms with Gasteiger partial charge in [-0.3, -0.25) is 24.3 Å². The number of methoxy groups -OCH3 is 1. The summed E-state index contributed by atoms with van der Waals surface area (Å²) < 4.78 is 14.0. The molecule has 4 aromatic rings. The highest BCUT2D eigenvalue weighted by atomic mass is 16.6. The zero-order valence-corrected chi connectivity index (χ0v) is 16.9. The maximum absolute atomic E-state index is 12.6. The molecule has 1 N–H and O–H groups in total. The number of hydrogen-bond donors (Lipinski definition) is 1. The molecule has 0 saturated carbocycles. The van der Waals surface area contributed by atoms with Crippen molar-refractivity contribution in [3.8, 4) is 17.2 Å². The Hall–Kier alpha value is -4.67. The number of nitrogens with zero attached hydrogens (tertiary/aromatic N) is 5. The van der Waals surface area contributed by atoms with Gasteiger partial charge in [0.05, 0.1) is 23.8 Å². The normalized spacial score (nSPS) is 10.5. The summed E-state index contributed by atoms with van der Waals surface area (Å²) in [6.45, 7) is 0.344. The minimum atomic E-state index is -0.560. The fraction of sp³-hybridized carbons (Fsp3) is 0.0952. The molecule has 11 heteroatoms. The molecule has 0 aliphatic rings. The zero-order chi connectivity index (χ0) is 22.5. The molecule has 0 fully saturated rings. The zero-order valence-electron chi connectivity index (χ0n) is 16.9. The van der Waals surface area contributed by atoms with E-state index in [0.29, 0.717) is 18.2 Å². The lowest BCUT2D eigenvalue weighted by atomic mass is 10.2. The Bertz CT molecular complexity index is 1230. The summed E-state index contributed by atoms with van der Waals surface area (Å²) in [7, 11) is 1.55. The number of hydrogen-bond acceptors (Lipinski definition) is 7. The van der Waals surface area contributed by atoms with Gasteiger partial charge in [-0.05, 0) is 36.4 Å². The van der Waals surface area contributed by atoms with Gasteiger partial charge in [0.1, 0.15) is 23.9 Å². The molecular formula is C21H18N6O5. The average Bonchev–Trinajstić information content (AvgIpc) is 3.47. The van der Waals surface area contributed by atoms with Gasteiger partial charge in [0.15, 0.2) is 5.69 Å². The number of aromatic nitrogens is 4. The molecule has 0 bridgehead atoms. The van der Waals surface area contributed by atoms with Crippen LogP contribution in [-0.4, -0.2) is 37.5 Å². The molecule has 0 aliphatic heterocycles. The molecule has 2 aromatic heterocycles. The summed E-state index contributed by atoms with van der Waals surface area (Å²) in [6.07, 6.45) is 5.06. The lowest BCUT2D eigenvalue weighted by Gasteiger charge is -2.09. The monoisotopic (exact) mass is 434 g/mol. The Labute approximate surface area is 182 Å². The van der Waals surface area contributed by atoms with Crippen LogP contribution in [-0.2, 0) is 6.67 Å². The van der Waals surface area contributed by atoms with E-state index in [-0.39, 0.29) is 22.8 Å². The van der Waals surface area contributed by atoms with Crippen LogP contribution in [0.2, 0.25) is 0 Å². The second kappa shape index (κ2) is 9.00. The van der Waals surface area contributed by atoms with Gasteiger partial charge >= 0.3 is 0 Å². The molecule has 2 heterocycles. The van der Waals surface area contributed by atoms with Crippen molar-refractivity contribution in [2.24, 2.45) is 0 Å². The number of nitrogens with one attached hydrogen (secondary N) is 1. The second-order valence-electron chi connectivity index (χ2n) is 6.63. The number of amides is 1. The van der Waals surface area contributed by atoms with Crippen LogP contribution in [0.25, 0.3) is 0 Å². The molecule has 0 saturated heterocycles. The quantitative estimate of drug-likeness (QED) is 0.332. The molecular weight excluding hydrogens is 416 g/mol. The largest absolute Gasteiger partial charge is 0.497 e. The van der Waals surface area contributed by atoms with E-state index in [0.717, 1.165) is 0 Å². The van der Waals surface area contributed by atoms with Crippen LogP contribution in [0.15, 0.2) is 73.2 Å². The minimum Gasteiger partial charge on any atom is -0.497 e. The third kappa shape index (κ3) is 4.90. The standard InChI is InChI=1S/C21H18N6O5/c1-31-17-3-5-18(6-4-17)32-19-12-15(11-16(13-19)27(29)30)23-21(28)20-7-10-26(24-20)14-25-9-2-8-22-25/h2-13H,14H2,1H3,(H,23,28). The van der Waals surface area contributed by atoms with Gasteiger partial charge in [-0.1, -0.05) is 0 Å². The number of anilines is 1. The molecule has 32 heavy (non-hydrogen) atoms. The Morgan fingerprint density at radius 3 is 2.53 bits per heavy atom. The van der Waals surface area contributed by atoms with E-state index in [9.17, 15) is 14.9 Å². The third-order valence-electron chi connectivity index (χ3n) is 4.38. The highest BCUT2D eigenvalue weighted by Gasteiger charge is 2.15. The van der Waals surface area contributed by atoms with Gasteiger partial charge in [-0.2, -0.15) is 10.2 Å². The van der Waals surface area contributed by atoms with Crippen LogP contribution in [0.5, 0.6) is 17.2 Å². The fourth-order valence-corrected chi connectivity index (χ4v) is 2.89. The number of nitro benzene ring substituents is 1. The van der Waals surface area contributed by atoms with Crippen molar-refractivity contribution >= 4 is 17.3 Å². The third-order valence-corrected chi connectivity index (χ3v) is 4.38. The molecule has 2 aromatic carbocycles. The van der Waals surface area contributed by atoms with Crippen molar-refractivity contribution in [1.29, 1.82) is 0 Å². The number of benzene rings is 2. The van der Waals surface area contributed by atoms with Gasteiger partial charge < -0.3 is 14.8 Å². The first-order valence-electron chi connectivity index (χ1n) is 9.44. The Morgan fingerprint density at radius 1 is 1.06 bits per heavy atom. The van der Waals surface area contributed by atoms with Crippen molar-refractivity contribution in [1.82, 2.24) is 19.6 Å². The van der Waals surface area contributed by atoms with Crippen LogP contribution in [0.4, 0.5) is 11.4 Å². The predicted octanol–water partition coefficient (Wildman–Crippen LogP) is 3.55. The maximum Gasteiger partial charge on any atom is 0.276 e. The summed E-state index contributed by atoms with van der Waals surface area (Å²) in [5.74, 6) is 0.793. The molecule has 11 nitrogen and oxygen atoms in total. The predicted molar refractivity (Wildman–Crippen MR) is 114 cm³/mol. The van der Waals surface area contributed by atoms with E-state index in [2.05, 4.69) is 15.5 Å². The number of nitro groups is 1. The van der Waals surface area contributed by atoms with E-state index < -0.39 is 10.8 Å². The molecule has 162 valence electrons. The highest BCUT2D eigenvalue weighted by Crippen LogP contribution is 2.30. The summed E-state index contributed by atoms with van der Waals surface area (Å²) >= 11 is 0. The van der Waals surface area contributed by atoms with E-state index in [1.54, 1.807) is 71.5 Å². The van der Waals surface area contributed by atoms with Crippen molar-refractivity contribution in [2.45, 2.75) is 6.67 Å².